The predicted molar refractivity (Wildman–Crippen MR) is 55.8 cm³/mol. The van der Waals surface area contributed by atoms with Crippen LogP contribution in [0.4, 0.5) is 0 Å². The number of hydrogen-bond donors (Lipinski definition) is 1. The molecule has 0 saturated carbocycles. The molecule has 2 heteroatoms. The third-order valence-electron chi connectivity index (χ3n) is 2.01. The molecule has 1 N–H and O–H groups in total. The summed E-state index contributed by atoms with van der Waals surface area (Å²) in [6.07, 6.45) is 1.01. The maximum Gasteiger partial charge on any atom is 0.0422 e. The van der Waals surface area contributed by atoms with Crippen molar-refractivity contribution in [2.75, 3.05) is 6.54 Å². The van der Waals surface area contributed by atoms with Crippen LogP contribution in [0.5, 0.6) is 0 Å². The van der Waals surface area contributed by atoms with Crippen molar-refractivity contribution in [3.63, 3.8) is 0 Å². The molecule has 2 nitrogen and oxygen atoms in total. The highest BCUT2D eigenvalue weighted by molar-refractivity contribution is 5.10. The molecule has 1 unspecified atom stereocenters. The minimum Gasteiger partial charge on any atom is -0.314 e. The summed E-state index contributed by atoms with van der Waals surface area (Å²) in [7, 11) is 0. The third kappa shape index (κ3) is 3.55. The zero-order chi connectivity index (χ0) is 9.68. The molecule has 1 heterocycles. The topological polar surface area (TPSA) is 24.9 Å². The van der Waals surface area contributed by atoms with Crippen LogP contribution in [0.2, 0.25) is 0 Å². The van der Waals surface area contributed by atoms with E-state index in [9.17, 15) is 0 Å². The van der Waals surface area contributed by atoms with E-state index in [1.807, 2.05) is 13.0 Å². The van der Waals surface area contributed by atoms with Gasteiger partial charge in [-0.1, -0.05) is 13.0 Å². The van der Waals surface area contributed by atoms with Crippen molar-refractivity contribution < 1.29 is 0 Å². The minimum absolute atomic E-state index is 0.513. The fourth-order valence-corrected chi connectivity index (χ4v) is 1.45. The number of nitrogens with zero attached hydrogens (tertiary/aromatic N) is 1. The van der Waals surface area contributed by atoms with Gasteiger partial charge in [0.2, 0.25) is 0 Å². The summed E-state index contributed by atoms with van der Waals surface area (Å²) in [6, 6.07) is 6.69. The smallest absolute Gasteiger partial charge is 0.0422 e. The highest BCUT2D eigenvalue weighted by Crippen LogP contribution is 2.01. The van der Waals surface area contributed by atoms with Crippen LogP contribution in [-0.4, -0.2) is 17.6 Å². The number of hydrogen-bond acceptors (Lipinski definition) is 2. The first-order valence-corrected chi connectivity index (χ1v) is 4.88. The number of likely N-dealkylation sites (N-methyl/N-ethyl adjacent to an activating group) is 1. The molecule has 0 radical (unpaired) electrons. The Bertz CT molecular complexity index is 258. The first-order chi connectivity index (χ1) is 6.22. The molecule has 0 saturated heterocycles. The summed E-state index contributed by atoms with van der Waals surface area (Å²) in [5.41, 5.74) is 2.27. The molecule has 0 aliphatic rings. The van der Waals surface area contributed by atoms with E-state index in [0.717, 1.165) is 18.7 Å². The van der Waals surface area contributed by atoms with Gasteiger partial charge in [0.1, 0.15) is 0 Å². The van der Waals surface area contributed by atoms with Crippen molar-refractivity contribution in [1.29, 1.82) is 0 Å². The fraction of sp³-hybridized carbons (Fsp3) is 0.545. The SMILES string of the molecule is CCNC(C)Cc1cccc(C)n1. The lowest BCUT2D eigenvalue weighted by atomic mass is 10.1. The van der Waals surface area contributed by atoms with Gasteiger partial charge in [-0.15, -0.1) is 0 Å². The zero-order valence-electron chi connectivity index (χ0n) is 8.67. The minimum atomic E-state index is 0.513. The molecule has 0 fully saturated rings. The highest BCUT2D eigenvalue weighted by atomic mass is 14.9. The van der Waals surface area contributed by atoms with Gasteiger partial charge in [0.05, 0.1) is 0 Å². The number of aromatic nitrogens is 1. The molecule has 0 spiro atoms. The van der Waals surface area contributed by atoms with Crippen LogP contribution in [0.3, 0.4) is 0 Å². The lowest BCUT2D eigenvalue weighted by Gasteiger charge is -2.11. The Morgan fingerprint density at radius 2 is 2.23 bits per heavy atom. The van der Waals surface area contributed by atoms with E-state index in [2.05, 4.69) is 36.3 Å². The van der Waals surface area contributed by atoms with Crippen LogP contribution < -0.4 is 5.32 Å². The van der Waals surface area contributed by atoms with Crippen molar-refractivity contribution in [3.8, 4) is 0 Å². The van der Waals surface area contributed by atoms with Crippen LogP contribution in [0, 0.1) is 6.92 Å². The van der Waals surface area contributed by atoms with Crippen molar-refractivity contribution in [2.24, 2.45) is 0 Å². The van der Waals surface area contributed by atoms with Crippen molar-refractivity contribution in [1.82, 2.24) is 10.3 Å². The number of nitrogens with one attached hydrogen (secondary N) is 1. The molecule has 1 rings (SSSR count). The summed E-state index contributed by atoms with van der Waals surface area (Å²) in [5, 5.41) is 3.37. The van der Waals surface area contributed by atoms with E-state index in [-0.39, 0.29) is 0 Å². The largest absolute Gasteiger partial charge is 0.314 e. The normalized spacial score (nSPS) is 12.8. The molecule has 0 bridgehead atoms. The standard InChI is InChI=1S/C11H18N2/c1-4-12-10(3)8-11-7-5-6-9(2)13-11/h5-7,10,12H,4,8H2,1-3H3. The monoisotopic (exact) mass is 178 g/mol. The molecular weight excluding hydrogens is 160 g/mol. The van der Waals surface area contributed by atoms with E-state index < -0.39 is 0 Å². The molecule has 1 aromatic heterocycles. The molecular formula is C11H18N2. The Balaban J connectivity index is 2.53. The molecule has 1 atom stereocenters. The van der Waals surface area contributed by atoms with Crippen molar-refractivity contribution in [2.45, 2.75) is 33.2 Å². The average molecular weight is 178 g/mol. The summed E-state index contributed by atoms with van der Waals surface area (Å²) in [5.74, 6) is 0. The molecule has 13 heavy (non-hydrogen) atoms. The van der Waals surface area contributed by atoms with E-state index in [1.54, 1.807) is 0 Å². The summed E-state index contributed by atoms with van der Waals surface area (Å²) in [6.45, 7) is 7.36. The predicted octanol–water partition coefficient (Wildman–Crippen LogP) is 1.93. The second-order valence-corrected chi connectivity index (χ2v) is 3.43. The third-order valence-corrected chi connectivity index (χ3v) is 2.01. The molecule has 0 aliphatic heterocycles. The Morgan fingerprint density at radius 3 is 2.85 bits per heavy atom. The van der Waals surface area contributed by atoms with Crippen LogP contribution in [0.1, 0.15) is 25.2 Å². The van der Waals surface area contributed by atoms with Crippen molar-refractivity contribution >= 4 is 0 Å². The lowest BCUT2D eigenvalue weighted by Crippen LogP contribution is -2.27. The number of rotatable bonds is 4. The highest BCUT2D eigenvalue weighted by Gasteiger charge is 2.02. The average Bonchev–Trinajstić information content (AvgIpc) is 2.04. The van der Waals surface area contributed by atoms with Gasteiger partial charge in [-0.25, -0.2) is 0 Å². The van der Waals surface area contributed by atoms with Gasteiger partial charge in [0.25, 0.3) is 0 Å². The zero-order valence-corrected chi connectivity index (χ0v) is 8.67. The molecule has 72 valence electrons. The van der Waals surface area contributed by atoms with Gasteiger partial charge >= 0.3 is 0 Å². The van der Waals surface area contributed by atoms with Gasteiger partial charge in [-0.2, -0.15) is 0 Å². The van der Waals surface area contributed by atoms with Gasteiger partial charge in [0, 0.05) is 23.9 Å². The van der Waals surface area contributed by atoms with Gasteiger partial charge in [-0.05, 0) is 32.5 Å². The Hall–Kier alpha value is -0.890. The second kappa shape index (κ2) is 4.97. The molecule has 0 amide bonds. The van der Waals surface area contributed by atoms with Crippen LogP contribution in [0.15, 0.2) is 18.2 Å². The molecule has 1 aromatic rings. The lowest BCUT2D eigenvalue weighted by molar-refractivity contribution is 0.559. The second-order valence-electron chi connectivity index (χ2n) is 3.43. The Kier molecular flexibility index (Phi) is 3.90. The van der Waals surface area contributed by atoms with Gasteiger partial charge in [-0.3, -0.25) is 4.98 Å². The van der Waals surface area contributed by atoms with Gasteiger partial charge < -0.3 is 5.32 Å². The van der Waals surface area contributed by atoms with E-state index in [1.165, 1.54) is 5.69 Å². The first kappa shape index (κ1) is 10.2. The maximum absolute atomic E-state index is 4.46. The van der Waals surface area contributed by atoms with E-state index in [4.69, 9.17) is 0 Å². The summed E-state index contributed by atoms with van der Waals surface area (Å²) < 4.78 is 0. The summed E-state index contributed by atoms with van der Waals surface area (Å²) >= 11 is 0. The first-order valence-electron chi connectivity index (χ1n) is 4.88. The Labute approximate surface area is 80.4 Å². The molecule has 0 aliphatic carbocycles. The van der Waals surface area contributed by atoms with Crippen molar-refractivity contribution in [3.05, 3.63) is 29.6 Å². The summed E-state index contributed by atoms with van der Waals surface area (Å²) in [4.78, 5) is 4.46. The Morgan fingerprint density at radius 1 is 1.46 bits per heavy atom. The fourth-order valence-electron chi connectivity index (χ4n) is 1.45. The maximum atomic E-state index is 4.46. The number of aryl methyl sites for hydroxylation is 1. The quantitative estimate of drug-likeness (QED) is 0.762. The number of pyridine rings is 1. The van der Waals surface area contributed by atoms with E-state index >= 15 is 0 Å². The van der Waals surface area contributed by atoms with Crippen LogP contribution in [-0.2, 0) is 6.42 Å². The molecule has 0 aromatic carbocycles. The van der Waals surface area contributed by atoms with Crippen LogP contribution in [0.25, 0.3) is 0 Å². The van der Waals surface area contributed by atoms with Crippen LogP contribution >= 0.6 is 0 Å². The van der Waals surface area contributed by atoms with Gasteiger partial charge in [0.15, 0.2) is 0 Å². The van der Waals surface area contributed by atoms with E-state index in [0.29, 0.717) is 6.04 Å².